The number of pyridine rings is 1. The first-order valence-electron chi connectivity index (χ1n) is 5.54. The maximum absolute atomic E-state index is 13.6. The minimum absolute atomic E-state index is 0.210. The Morgan fingerprint density at radius 1 is 1.22 bits per heavy atom. The number of carbonyl (C=O) groups is 1. The first kappa shape index (κ1) is 12.2. The first-order chi connectivity index (χ1) is 8.68. The standard InChI is InChI=1S/C14H12FNO2/c15-13-4-2-1-3-11(13)12(14(17)18)9-10-5-7-16-8-6-10/h1-8,12H,9H2,(H,17,18). The van der Waals surface area contributed by atoms with Gasteiger partial charge in [-0.2, -0.15) is 0 Å². The Bertz CT molecular complexity index is 543. The van der Waals surface area contributed by atoms with Gasteiger partial charge < -0.3 is 5.11 Å². The molecule has 0 spiro atoms. The third kappa shape index (κ3) is 2.71. The van der Waals surface area contributed by atoms with E-state index in [1.807, 2.05) is 0 Å². The van der Waals surface area contributed by atoms with E-state index in [1.54, 1.807) is 36.7 Å². The van der Waals surface area contributed by atoms with E-state index in [4.69, 9.17) is 0 Å². The summed E-state index contributed by atoms with van der Waals surface area (Å²) in [4.78, 5) is 15.1. The Morgan fingerprint density at radius 2 is 1.89 bits per heavy atom. The molecule has 1 atom stereocenters. The lowest BCUT2D eigenvalue weighted by Gasteiger charge is -2.13. The van der Waals surface area contributed by atoms with E-state index in [9.17, 15) is 14.3 Å². The summed E-state index contributed by atoms with van der Waals surface area (Å²) in [6, 6.07) is 9.44. The van der Waals surface area contributed by atoms with Crippen molar-refractivity contribution < 1.29 is 14.3 Å². The van der Waals surface area contributed by atoms with E-state index in [0.29, 0.717) is 0 Å². The van der Waals surface area contributed by atoms with Crippen molar-refractivity contribution in [2.75, 3.05) is 0 Å². The Kier molecular flexibility index (Phi) is 3.67. The van der Waals surface area contributed by atoms with Crippen LogP contribution in [0.3, 0.4) is 0 Å². The summed E-state index contributed by atoms with van der Waals surface area (Å²) in [5.74, 6) is -2.40. The van der Waals surface area contributed by atoms with Gasteiger partial charge >= 0.3 is 5.97 Å². The molecule has 0 saturated heterocycles. The number of carboxylic acids is 1. The van der Waals surface area contributed by atoms with Crippen molar-refractivity contribution in [1.82, 2.24) is 4.98 Å². The van der Waals surface area contributed by atoms with Gasteiger partial charge in [0, 0.05) is 18.0 Å². The molecule has 1 aromatic heterocycles. The Morgan fingerprint density at radius 3 is 2.50 bits per heavy atom. The van der Waals surface area contributed by atoms with Gasteiger partial charge in [-0.15, -0.1) is 0 Å². The summed E-state index contributed by atoms with van der Waals surface area (Å²) in [6.07, 6.45) is 3.43. The van der Waals surface area contributed by atoms with Gasteiger partial charge in [-0.3, -0.25) is 9.78 Å². The molecule has 2 rings (SSSR count). The molecule has 0 fully saturated rings. The molecule has 0 aliphatic rings. The van der Waals surface area contributed by atoms with Crippen LogP contribution in [0, 0.1) is 5.82 Å². The maximum Gasteiger partial charge on any atom is 0.311 e. The monoisotopic (exact) mass is 245 g/mol. The zero-order valence-electron chi connectivity index (χ0n) is 9.58. The Labute approximate surface area is 104 Å². The van der Waals surface area contributed by atoms with Crippen LogP contribution in [0.4, 0.5) is 4.39 Å². The first-order valence-corrected chi connectivity index (χ1v) is 5.54. The van der Waals surface area contributed by atoms with E-state index in [2.05, 4.69) is 4.98 Å². The number of benzene rings is 1. The van der Waals surface area contributed by atoms with Gasteiger partial charge in [-0.1, -0.05) is 18.2 Å². The molecular formula is C14H12FNO2. The number of hydrogen-bond acceptors (Lipinski definition) is 2. The van der Waals surface area contributed by atoms with Gasteiger partial charge in [0.2, 0.25) is 0 Å². The fraction of sp³-hybridized carbons (Fsp3) is 0.143. The van der Waals surface area contributed by atoms with Gasteiger partial charge in [0.25, 0.3) is 0 Å². The molecule has 0 saturated carbocycles. The van der Waals surface area contributed by atoms with Crippen molar-refractivity contribution in [3.63, 3.8) is 0 Å². The number of halogens is 1. The minimum Gasteiger partial charge on any atom is -0.481 e. The van der Waals surface area contributed by atoms with E-state index >= 15 is 0 Å². The molecular weight excluding hydrogens is 233 g/mol. The molecule has 0 aliphatic carbocycles. The van der Waals surface area contributed by atoms with Crippen molar-refractivity contribution in [2.45, 2.75) is 12.3 Å². The topological polar surface area (TPSA) is 50.2 Å². The molecule has 3 nitrogen and oxygen atoms in total. The quantitative estimate of drug-likeness (QED) is 0.900. The summed E-state index contributed by atoms with van der Waals surface area (Å²) in [6.45, 7) is 0. The van der Waals surface area contributed by atoms with E-state index in [0.717, 1.165) is 5.56 Å². The fourth-order valence-electron chi connectivity index (χ4n) is 1.84. The van der Waals surface area contributed by atoms with Crippen LogP contribution >= 0.6 is 0 Å². The normalized spacial score (nSPS) is 12.1. The van der Waals surface area contributed by atoms with Gasteiger partial charge in [0.1, 0.15) is 5.82 Å². The molecule has 0 amide bonds. The molecule has 0 bridgehead atoms. The van der Waals surface area contributed by atoms with Gasteiger partial charge in [0.15, 0.2) is 0 Å². The SMILES string of the molecule is O=C(O)C(Cc1ccncc1)c1ccccc1F. The van der Waals surface area contributed by atoms with Crippen LogP contribution < -0.4 is 0 Å². The van der Waals surface area contributed by atoms with E-state index in [1.165, 1.54) is 12.1 Å². The fourth-order valence-corrected chi connectivity index (χ4v) is 1.84. The third-order valence-electron chi connectivity index (χ3n) is 2.77. The number of aliphatic carboxylic acids is 1. The largest absolute Gasteiger partial charge is 0.481 e. The average Bonchev–Trinajstić information content (AvgIpc) is 2.38. The molecule has 1 aromatic carbocycles. The highest BCUT2D eigenvalue weighted by molar-refractivity contribution is 5.76. The predicted molar refractivity (Wildman–Crippen MR) is 64.7 cm³/mol. The summed E-state index contributed by atoms with van der Waals surface area (Å²) in [7, 11) is 0. The van der Waals surface area contributed by atoms with Gasteiger partial charge in [-0.05, 0) is 30.2 Å². The second-order valence-electron chi connectivity index (χ2n) is 3.97. The Balaban J connectivity index is 2.30. The van der Waals surface area contributed by atoms with Crippen LogP contribution in [0.1, 0.15) is 17.0 Å². The smallest absolute Gasteiger partial charge is 0.311 e. The van der Waals surface area contributed by atoms with Gasteiger partial charge in [-0.25, -0.2) is 4.39 Å². The van der Waals surface area contributed by atoms with Crippen LogP contribution in [0.15, 0.2) is 48.8 Å². The summed E-state index contributed by atoms with van der Waals surface area (Å²) >= 11 is 0. The van der Waals surface area contributed by atoms with Crippen LogP contribution in [-0.4, -0.2) is 16.1 Å². The zero-order chi connectivity index (χ0) is 13.0. The van der Waals surface area contributed by atoms with Crippen LogP contribution in [0.5, 0.6) is 0 Å². The van der Waals surface area contributed by atoms with Crippen LogP contribution in [-0.2, 0) is 11.2 Å². The van der Waals surface area contributed by atoms with E-state index in [-0.39, 0.29) is 12.0 Å². The highest BCUT2D eigenvalue weighted by atomic mass is 19.1. The Hall–Kier alpha value is -2.23. The number of rotatable bonds is 4. The highest BCUT2D eigenvalue weighted by Gasteiger charge is 2.23. The molecule has 4 heteroatoms. The van der Waals surface area contributed by atoms with Gasteiger partial charge in [0.05, 0.1) is 5.92 Å². The predicted octanol–water partition coefficient (Wildman–Crippen LogP) is 2.63. The maximum atomic E-state index is 13.6. The van der Waals surface area contributed by atoms with E-state index < -0.39 is 17.7 Å². The van der Waals surface area contributed by atoms with Crippen molar-refractivity contribution in [3.05, 3.63) is 65.7 Å². The summed E-state index contributed by atoms with van der Waals surface area (Å²) < 4.78 is 13.6. The second kappa shape index (κ2) is 5.40. The molecule has 0 radical (unpaired) electrons. The molecule has 92 valence electrons. The molecule has 18 heavy (non-hydrogen) atoms. The zero-order valence-corrected chi connectivity index (χ0v) is 9.58. The van der Waals surface area contributed by atoms with Crippen molar-refractivity contribution in [3.8, 4) is 0 Å². The summed E-state index contributed by atoms with van der Waals surface area (Å²) in [5.41, 5.74) is 1.03. The molecule has 1 unspecified atom stereocenters. The summed E-state index contributed by atoms with van der Waals surface area (Å²) in [5, 5.41) is 9.23. The highest BCUT2D eigenvalue weighted by Crippen LogP contribution is 2.23. The number of hydrogen-bond donors (Lipinski definition) is 1. The lowest BCUT2D eigenvalue weighted by Crippen LogP contribution is -2.15. The minimum atomic E-state index is -1.03. The lowest BCUT2D eigenvalue weighted by atomic mass is 9.92. The average molecular weight is 245 g/mol. The molecule has 1 heterocycles. The van der Waals surface area contributed by atoms with Crippen molar-refractivity contribution >= 4 is 5.97 Å². The number of nitrogens with zero attached hydrogens (tertiary/aromatic N) is 1. The lowest BCUT2D eigenvalue weighted by molar-refractivity contribution is -0.138. The molecule has 1 N–H and O–H groups in total. The van der Waals surface area contributed by atoms with Crippen LogP contribution in [0.2, 0.25) is 0 Å². The second-order valence-corrected chi connectivity index (χ2v) is 3.97. The number of carboxylic acid groups (broad SMARTS) is 1. The third-order valence-corrected chi connectivity index (χ3v) is 2.77. The van der Waals surface area contributed by atoms with Crippen molar-refractivity contribution in [1.29, 1.82) is 0 Å². The van der Waals surface area contributed by atoms with Crippen LogP contribution in [0.25, 0.3) is 0 Å². The number of aromatic nitrogens is 1. The van der Waals surface area contributed by atoms with Crippen molar-refractivity contribution in [2.24, 2.45) is 0 Å². The molecule has 2 aromatic rings. The molecule has 0 aliphatic heterocycles.